The van der Waals surface area contributed by atoms with E-state index in [0.717, 1.165) is 76.2 Å². The number of rotatable bonds is 6. The zero-order valence-corrected chi connectivity index (χ0v) is 15.8. The van der Waals surface area contributed by atoms with E-state index < -0.39 is 0 Å². The third kappa shape index (κ3) is 5.04. The summed E-state index contributed by atoms with van der Waals surface area (Å²) in [5, 5.41) is 7.55. The van der Waals surface area contributed by atoms with Gasteiger partial charge < -0.3 is 14.6 Å². The monoisotopic (exact) mass is 378 g/mol. The molecule has 0 spiro atoms. The van der Waals surface area contributed by atoms with E-state index in [1.165, 1.54) is 12.0 Å². The van der Waals surface area contributed by atoms with E-state index in [-0.39, 0.29) is 12.4 Å². The van der Waals surface area contributed by atoms with E-state index in [4.69, 9.17) is 9.26 Å². The fraction of sp³-hybridized carbons (Fsp3) is 0.579. The number of benzene rings is 1. The van der Waals surface area contributed by atoms with Crippen LogP contribution in [0.5, 0.6) is 0 Å². The molecule has 142 valence electrons. The lowest BCUT2D eigenvalue weighted by Crippen LogP contribution is -2.35. The molecule has 1 atom stereocenters. The summed E-state index contributed by atoms with van der Waals surface area (Å²) in [7, 11) is 0. The number of halogens is 1. The van der Waals surface area contributed by atoms with Gasteiger partial charge in [0.2, 0.25) is 11.7 Å². The molecular formula is C19H27ClN4O2. The highest BCUT2D eigenvalue weighted by Gasteiger charge is 2.16. The van der Waals surface area contributed by atoms with Crippen molar-refractivity contribution in [1.29, 1.82) is 0 Å². The fourth-order valence-corrected chi connectivity index (χ4v) is 3.54. The molecule has 2 aromatic rings. The van der Waals surface area contributed by atoms with Gasteiger partial charge in [0.25, 0.3) is 0 Å². The molecule has 4 rings (SSSR count). The van der Waals surface area contributed by atoms with Crippen LogP contribution in [0.25, 0.3) is 11.4 Å². The van der Waals surface area contributed by atoms with Crippen LogP contribution in [0.1, 0.15) is 24.3 Å². The number of hydrogen-bond acceptors (Lipinski definition) is 6. The molecule has 0 saturated carbocycles. The Kier molecular flexibility index (Phi) is 7.02. The van der Waals surface area contributed by atoms with Gasteiger partial charge in [0.1, 0.15) is 0 Å². The van der Waals surface area contributed by atoms with E-state index in [1.54, 1.807) is 0 Å². The Morgan fingerprint density at radius 1 is 1.15 bits per heavy atom. The molecule has 1 N–H and O–H groups in total. The van der Waals surface area contributed by atoms with Gasteiger partial charge in [-0.25, -0.2) is 0 Å². The number of aromatic nitrogens is 2. The van der Waals surface area contributed by atoms with E-state index in [9.17, 15) is 0 Å². The van der Waals surface area contributed by atoms with Gasteiger partial charge in [0.15, 0.2) is 0 Å². The Balaban J connectivity index is 0.00000196. The predicted molar refractivity (Wildman–Crippen MR) is 102 cm³/mol. The summed E-state index contributed by atoms with van der Waals surface area (Å²) in [5.41, 5.74) is 2.33. The number of nitrogens with one attached hydrogen (secondary N) is 1. The van der Waals surface area contributed by atoms with Crippen LogP contribution < -0.4 is 5.32 Å². The van der Waals surface area contributed by atoms with Gasteiger partial charge in [0.05, 0.1) is 13.2 Å². The lowest BCUT2D eigenvalue weighted by molar-refractivity contribution is 0.0342. The summed E-state index contributed by atoms with van der Waals surface area (Å²) in [6, 6.07) is 8.49. The lowest BCUT2D eigenvalue weighted by Gasteiger charge is -2.26. The van der Waals surface area contributed by atoms with Crippen molar-refractivity contribution in [3.63, 3.8) is 0 Å². The first kappa shape index (κ1) is 19.3. The summed E-state index contributed by atoms with van der Waals surface area (Å²) in [6.45, 7) is 6.90. The van der Waals surface area contributed by atoms with Gasteiger partial charge in [-0.2, -0.15) is 4.98 Å². The van der Waals surface area contributed by atoms with Gasteiger partial charge in [-0.1, -0.05) is 29.4 Å². The van der Waals surface area contributed by atoms with Gasteiger partial charge in [-0.15, -0.1) is 12.4 Å². The van der Waals surface area contributed by atoms with Crippen LogP contribution in [0.3, 0.4) is 0 Å². The molecule has 2 fully saturated rings. The second-order valence-corrected chi connectivity index (χ2v) is 6.99. The molecule has 2 aliphatic rings. The van der Waals surface area contributed by atoms with Crippen molar-refractivity contribution in [2.24, 2.45) is 5.92 Å². The third-order valence-electron chi connectivity index (χ3n) is 5.12. The van der Waals surface area contributed by atoms with Crippen molar-refractivity contribution >= 4 is 12.4 Å². The summed E-state index contributed by atoms with van der Waals surface area (Å²) < 4.78 is 10.8. The Morgan fingerprint density at radius 3 is 2.69 bits per heavy atom. The predicted octanol–water partition coefficient (Wildman–Crippen LogP) is 2.53. The average Bonchev–Trinajstić information content (AvgIpc) is 3.33. The minimum atomic E-state index is 0. The maximum atomic E-state index is 5.43. The zero-order valence-electron chi connectivity index (χ0n) is 15.0. The van der Waals surface area contributed by atoms with Crippen molar-refractivity contribution in [3.8, 4) is 11.4 Å². The van der Waals surface area contributed by atoms with Crippen LogP contribution in [0.2, 0.25) is 0 Å². The highest BCUT2D eigenvalue weighted by molar-refractivity contribution is 5.85. The van der Waals surface area contributed by atoms with Crippen molar-refractivity contribution in [2.75, 3.05) is 39.4 Å². The maximum absolute atomic E-state index is 5.43. The molecular weight excluding hydrogens is 352 g/mol. The Labute approximate surface area is 160 Å². The zero-order chi connectivity index (χ0) is 16.9. The fourth-order valence-electron chi connectivity index (χ4n) is 3.54. The van der Waals surface area contributed by atoms with Crippen molar-refractivity contribution in [2.45, 2.75) is 25.8 Å². The first-order chi connectivity index (χ1) is 12.4. The number of hydrogen-bond donors (Lipinski definition) is 1. The first-order valence-electron chi connectivity index (χ1n) is 9.29. The summed E-state index contributed by atoms with van der Waals surface area (Å²) in [4.78, 5) is 6.98. The van der Waals surface area contributed by atoms with Crippen LogP contribution in [0.4, 0.5) is 0 Å². The Hall–Kier alpha value is -1.47. The average molecular weight is 379 g/mol. The molecule has 3 heterocycles. The van der Waals surface area contributed by atoms with Gasteiger partial charge in [-0.3, -0.25) is 4.90 Å². The van der Waals surface area contributed by atoms with E-state index in [0.29, 0.717) is 5.82 Å². The third-order valence-corrected chi connectivity index (χ3v) is 5.12. The SMILES string of the molecule is Cl.c1cc(-c2noc(CCC3CCNC3)n2)ccc1CN1CCOCC1. The second-order valence-electron chi connectivity index (χ2n) is 6.99. The smallest absolute Gasteiger partial charge is 0.226 e. The molecule has 1 aromatic heterocycles. The molecule has 0 radical (unpaired) electrons. The number of nitrogens with zero attached hydrogens (tertiary/aromatic N) is 3. The van der Waals surface area contributed by atoms with Gasteiger partial charge in [-0.05, 0) is 37.4 Å². The summed E-state index contributed by atoms with van der Waals surface area (Å²) in [6.07, 6.45) is 3.24. The van der Waals surface area contributed by atoms with E-state index in [1.807, 2.05) is 0 Å². The van der Waals surface area contributed by atoms with Crippen LogP contribution in [-0.4, -0.2) is 54.4 Å². The maximum Gasteiger partial charge on any atom is 0.226 e. The summed E-state index contributed by atoms with van der Waals surface area (Å²) >= 11 is 0. The first-order valence-corrected chi connectivity index (χ1v) is 9.29. The van der Waals surface area contributed by atoms with Crippen LogP contribution >= 0.6 is 12.4 Å². The highest BCUT2D eigenvalue weighted by atomic mass is 35.5. The molecule has 26 heavy (non-hydrogen) atoms. The largest absolute Gasteiger partial charge is 0.379 e. The molecule has 2 saturated heterocycles. The van der Waals surface area contributed by atoms with E-state index in [2.05, 4.69) is 44.6 Å². The minimum Gasteiger partial charge on any atom is -0.379 e. The number of morpholine rings is 1. The topological polar surface area (TPSA) is 63.4 Å². The van der Waals surface area contributed by atoms with Gasteiger partial charge >= 0.3 is 0 Å². The van der Waals surface area contributed by atoms with Gasteiger partial charge in [0, 0.05) is 31.6 Å². The molecule has 6 nitrogen and oxygen atoms in total. The standard InChI is InChI=1S/C19H26N4O2.ClH/c1-4-17(5-2-16(1)14-23-9-11-24-12-10-23)19-21-18(25-22-19)6-3-15-7-8-20-13-15;/h1-2,4-5,15,20H,3,6-14H2;1H. The van der Waals surface area contributed by atoms with E-state index >= 15 is 0 Å². The van der Waals surface area contributed by atoms with Crippen molar-refractivity contribution in [3.05, 3.63) is 35.7 Å². The summed E-state index contributed by atoms with van der Waals surface area (Å²) in [5.74, 6) is 2.19. The lowest BCUT2D eigenvalue weighted by atomic mass is 10.0. The number of aryl methyl sites for hydroxylation is 1. The molecule has 2 aliphatic heterocycles. The second kappa shape index (κ2) is 9.46. The minimum absolute atomic E-state index is 0. The Morgan fingerprint density at radius 2 is 1.96 bits per heavy atom. The highest BCUT2D eigenvalue weighted by Crippen LogP contribution is 2.20. The quantitative estimate of drug-likeness (QED) is 0.833. The number of ether oxygens (including phenoxy) is 1. The van der Waals surface area contributed by atoms with Crippen molar-refractivity contribution in [1.82, 2.24) is 20.4 Å². The molecule has 0 bridgehead atoms. The molecule has 0 aliphatic carbocycles. The molecule has 1 aromatic carbocycles. The van der Waals surface area contributed by atoms with Crippen molar-refractivity contribution < 1.29 is 9.26 Å². The van der Waals surface area contributed by atoms with Crippen LogP contribution in [-0.2, 0) is 17.7 Å². The van der Waals surface area contributed by atoms with Crippen LogP contribution in [0, 0.1) is 5.92 Å². The molecule has 0 amide bonds. The van der Waals surface area contributed by atoms with Crippen LogP contribution in [0.15, 0.2) is 28.8 Å². The Bertz CT molecular complexity index is 664. The molecule has 1 unspecified atom stereocenters. The molecule has 7 heteroatoms. The normalized spacial score (nSPS) is 20.8.